The lowest BCUT2D eigenvalue weighted by Crippen LogP contribution is -2.27. The highest BCUT2D eigenvalue weighted by Crippen LogP contribution is 2.27. The Morgan fingerprint density at radius 1 is 1.19 bits per heavy atom. The Morgan fingerprint density at radius 2 is 1.84 bits per heavy atom. The highest BCUT2D eigenvalue weighted by molar-refractivity contribution is 7.91. The van der Waals surface area contributed by atoms with Gasteiger partial charge in [0.15, 0.2) is 9.84 Å². The third-order valence-corrected chi connectivity index (χ3v) is 7.54. The molecule has 1 amide bonds. The molecule has 1 atom stereocenters. The van der Waals surface area contributed by atoms with Crippen LogP contribution in [0.4, 0.5) is 0 Å². The van der Waals surface area contributed by atoms with Crippen molar-refractivity contribution in [2.24, 2.45) is 0 Å². The van der Waals surface area contributed by atoms with Gasteiger partial charge in [0.1, 0.15) is 11.5 Å². The lowest BCUT2D eigenvalue weighted by molar-refractivity contribution is -0.130. The van der Waals surface area contributed by atoms with E-state index in [1.807, 2.05) is 49.7 Å². The Morgan fingerprint density at radius 3 is 2.44 bits per heavy atom. The van der Waals surface area contributed by atoms with E-state index in [1.165, 1.54) is 0 Å². The van der Waals surface area contributed by atoms with Gasteiger partial charge in [-0.3, -0.25) is 9.48 Å². The van der Waals surface area contributed by atoms with Crippen molar-refractivity contribution < 1.29 is 22.7 Å². The van der Waals surface area contributed by atoms with E-state index >= 15 is 0 Å². The van der Waals surface area contributed by atoms with Crippen molar-refractivity contribution in [2.45, 2.75) is 52.6 Å². The molecule has 1 saturated heterocycles. The van der Waals surface area contributed by atoms with Crippen LogP contribution in [0.1, 0.15) is 49.2 Å². The van der Waals surface area contributed by atoms with Gasteiger partial charge in [0, 0.05) is 31.3 Å². The summed E-state index contributed by atoms with van der Waals surface area (Å²) < 4.78 is 36.6. The van der Waals surface area contributed by atoms with E-state index in [9.17, 15) is 13.2 Å². The maximum absolute atomic E-state index is 12.6. The van der Waals surface area contributed by atoms with E-state index in [2.05, 4.69) is 5.10 Å². The fourth-order valence-corrected chi connectivity index (χ4v) is 5.67. The molecule has 1 aromatic heterocycles. The van der Waals surface area contributed by atoms with E-state index < -0.39 is 9.84 Å². The van der Waals surface area contributed by atoms with Gasteiger partial charge >= 0.3 is 0 Å². The third kappa shape index (κ3) is 6.03. The van der Waals surface area contributed by atoms with Crippen molar-refractivity contribution in [3.05, 3.63) is 41.2 Å². The maximum atomic E-state index is 12.6. The number of rotatable bonds is 10. The molecule has 0 bridgehead atoms. The molecule has 0 radical (unpaired) electrons. The zero-order valence-corrected chi connectivity index (χ0v) is 20.2. The SMILES string of the molecule is CCOc1ccc(OCCCC(=O)N(C)Cc2c(C)nn([C@H]3CCS(=O)(=O)C3)c2C)cc1. The van der Waals surface area contributed by atoms with Crippen molar-refractivity contribution in [3.63, 3.8) is 0 Å². The summed E-state index contributed by atoms with van der Waals surface area (Å²) in [6.45, 7) is 7.33. The summed E-state index contributed by atoms with van der Waals surface area (Å²) in [5.74, 6) is 1.94. The van der Waals surface area contributed by atoms with Gasteiger partial charge in [-0.05, 0) is 57.9 Å². The molecular formula is C23H33N3O5S. The van der Waals surface area contributed by atoms with Gasteiger partial charge < -0.3 is 14.4 Å². The molecule has 3 rings (SSSR count). The molecule has 9 heteroatoms. The van der Waals surface area contributed by atoms with Crippen LogP contribution >= 0.6 is 0 Å². The Balaban J connectivity index is 1.48. The molecule has 0 spiro atoms. The summed E-state index contributed by atoms with van der Waals surface area (Å²) in [6.07, 6.45) is 1.60. The van der Waals surface area contributed by atoms with Crippen LogP contribution in [0.15, 0.2) is 24.3 Å². The van der Waals surface area contributed by atoms with Crippen LogP contribution in [0.3, 0.4) is 0 Å². The molecule has 2 heterocycles. The van der Waals surface area contributed by atoms with Crippen LogP contribution in [0.5, 0.6) is 11.5 Å². The lowest BCUT2D eigenvalue weighted by atomic mass is 10.1. The molecule has 0 N–H and O–H groups in total. The van der Waals surface area contributed by atoms with E-state index in [-0.39, 0.29) is 23.5 Å². The zero-order chi connectivity index (χ0) is 23.3. The van der Waals surface area contributed by atoms with Crippen LogP contribution in [0, 0.1) is 13.8 Å². The van der Waals surface area contributed by atoms with Gasteiger partial charge in [0.05, 0.1) is 36.5 Å². The molecule has 1 aliphatic heterocycles. The summed E-state index contributed by atoms with van der Waals surface area (Å²) in [6, 6.07) is 7.33. The maximum Gasteiger partial charge on any atom is 0.222 e. The standard InChI is InChI=1S/C23H33N3O5S/c1-5-30-20-8-10-21(11-9-20)31-13-6-7-23(27)25(4)15-22-17(2)24-26(18(22)3)19-12-14-32(28,29)16-19/h8-11,19H,5-7,12-16H2,1-4H3/t19-/m0/s1. The molecule has 1 aliphatic rings. The molecule has 2 aromatic rings. The first-order valence-corrected chi connectivity index (χ1v) is 12.9. The number of sulfone groups is 1. The normalized spacial score (nSPS) is 17.3. The molecule has 32 heavy (non-hydrogen) atoms. The minimum atomic E-state index is -2.98. The van der Waals surface area contributed by atoms with E-state index in [4.69, 9.17) is 9.47 Å². The van der Waals surface area contributed by atoms with Gasteiger partial charge in [-0.2, -0.15) is 5.10 Å². The fourth-order valence-electron chi connectivity index (χ4n) is 3.98. The average molecular weight is 464 g/mol. The Hall–Kier alpha value is -2.55. The number of benzene rings is 1. The number of aryl methyl sites for hydroxylation is 1. The number of carbonyl (C=O) groups is 1. The monoisotopic (exact) mass is 463 g/mol. The number of amides is 1. The largest absolute Gasteiger partial charge is 0.494 e. The van der Waals surface area contributed by atoms with Crippen LogP contribution < -0.4 is 9.47 Å². The van der Waals surface area contributed by atoms with Gasteiger partial charge in [-0.1, -0.05) is 0 Å². The van der Waals surface area contributed by atoms with Crippen LogP contribution in [0.25, 0.3) is 0 Å². The van der Waals surface area contributed by atoms with Gasteiger partial charge in [-0.25, -0.2) is 8.42 Å². The van der Waals surface area contributed by atoms with Gasteiger partial charge in [-0.15, -0.1) is 0 Å². The van der Waals surface area contributed by atoms with E-state index in [0.29, 0.717) is 39.0 Å². The molecule has 1 fully saturated rings. The first kappa shape index (κ1) is 24.1. The molecule has 0 saturated carbocycles. The second-order valence-corrected chi connectivity index (χ2v) is 10.5. The predicted octanol–water partition coefficient (Wildman–Crippen LogP) is 3.08. The summed E-state index contributed by atoms with van der Waals surface area (Å²) >= 11 is 0. The fraction of sp³-hybridized carbons (Fsp3) is 0.565. The van der Waals surface area contributed by atoms with Crippen molar-refractivity contribution >= 4 is 15.7 Å². The first-order chi connectivity index (χ1) is 15.2. The quantitative estimate of drug-likeness (QED) is 0.503. The summed E-state index contributed by atoms with van der Waals surface area (Å²) in [7, 11) is -1.20. The van der Waals surface area contributed by atoms with E-state index in [1.54, 1.807) is 11.9 Å². The second-order valence-electron chi connectivity index (χ2n) is 8.26. The van der Waals surface area contributed by atoms with Crippen molar-refractivity contribution in [3.8, 4) is 11.5 Å². The molecule has 0 aliphatic carbocycles. The highest BCUT2D eigenvalue weighted by atomic mass is 32.2. The Bertz CT molecular complexity index is 1030. The van der Waals surface area contributed by atoms with E-state index in [0.717, 1.165) is 28.5 Å². The number of ether oxygens (including phenoxy) is 2. The summed E-state index contributed by atoms with van der Waals surface area (Å²) in [5.41, 5.74) is 2.75. The average Bonchev–Trinajstić information content (AvgIpc) is 3.25. The smallest absolute Gasteiger partial charge is 0.222 e. The van der Waals surface area contributed by atoms with Crippen LogP contribution in [-0.2, 0) is 21.2 Å². The Labute approximate surface area is 190 Å². The number of carbonyl (C=O) groups excluding carboxylic acids is 1. The zero-order valence-electron chi connectivity index (χ0n) is 19.3. The minimum Gasteiger partial charge on any atom is -0.494 e. The number of nitrogens with zero attached hydrogens (tertiary/aromatic N) is 3. The number of hydrogen-bond acceptors (Lipinski definition) is 6. The third-order valence-electron chi connectivity index (χ3n) is 5.79. The predicted molar refractivity (Wildman–Crippen MR) is 123 cm³/mol. The molecular weight excluding hydrogens is 430 g/mol. The topological polar surface area (TPSA) is 90.7 Å². The molecule has 1 aromatic carbocycles. The number of hydrogen-bond donors (Lipinski definition) is 0. The minimum absolute atomic E-state index is 0.0373. The molecule has 8 nitrogen and oxygen atoms in total. The van der Waals surface area contributed by atoms with Gasteiger partial charge in [0.2, 0.25) is 5.91 Å². The summed E-state index contributed by atoms with van der Waals surface area (Å²) in [4.78, 5) is 14.3. The Kier molecular flexibility index (Phi) is 7.82. The van der Waals surface area contributed by atoms with Crippen LogP contribution in [-0.4, -0.2) is 60.8 Å². The van der Waals surface area contributed by atoms with Crippen molar-refractivity contribution in [1.82, 2.24) is 14.7 Å². The highest BCUT2D eigenvalue weighted by Gasteiger charge is 2.31. The van der Waals surface area contributed by atoms with Crippen LogP contribution in [0.2, 0.25) is 0 Å². The van der Waals surface area contributed by atoms with Crippen molar-refractivity contribution in [2.75, 3.05) is 31.8 Å². The first-order valence-electron chi connectivity index (χ1n) is 11.0. The molecule has 176 valence electrons. The second kappa shape index (κ2) is 10.4. The summed E-state index contributed by atoms with van der Waals surface area (Å²) in [5, 5.41) is 4.58. The van der Waals surface area contributed by atoms with Gasteiger partial charge in [0.25, 0.3) is 0 Å². The lowest BCUT2D eigenvalue weighted by Gasteiger charge is -2.18. The van der Waals surface area contributed by atoms with Crippen molar-refractivity contribution in [1.29, 1.82) is 0 Å². The number of aromatic nitrogens is 2. The molecule has 0 unspecified atom stereocenters.